The van der Waals surface area contributed by atoms with E-state index in [4.69, 9.17) is 0 Å². The first-order chi connectivity index (χ1) is 8.61. The van der Waals surface area contributed by atoms with Gasteiger partial charge in [-0.05, 0) is 43.4 Å². The number of rotatable bonds is 4. The summed E-state index contributed by atoms with van der Waals surface area (Å²) in [6, 6.07) is 4.89. The molecule has 1 aliphatic rings. The molecule has 0 amide bonds. The number of thioether (sulfide) groups is 1. The molecular formula is C15H24N2S. The van der Waals surface area contributed by atoms with Crippen LogP contribution in [0.1, 0.15) is 40.0 Å². The third-order valence-corrected chi connectivity index (χ3v) is 5.08. The molecule has 1 aromatic heterocycles. The lowest BCUT2D eigenvalue weighted by Gasteiger charge is -2.40. The highest BCUT2D eigenvalue weighted by Crippen LogP contribution is 2.42. The molecule has 1 heterocycles. The second-order valence-electron chi connectivity index (χ2n) is 5.91. The first-order valence-electron chi connectivity index (χ1n) is 6.91. The van der Waals surface area contributed by atoms with Crippen molar-refractivity contribution in [2.24, 2.45) is 5.41 Å². The van der Waals surface area contributed by atoms with Crippen molar-refractivity contribution in [2.45, 2.75) is 56.2 Å². The fourth-order valence-corrected chi connectivity index (χ4v) is 4.29. The third-order valence-electron chi connectivity index (χ3n) is 3.74. The minimum absolute atomic E-state index is 0.483. The van der Waals surface area contributed by atoms with E-state index in [1.807, 2.05) is 24.2 Å². The van der Waals surface area contributed by atoms with Gasteiger partial charge in [0.15, 0.2) is 0 Å². The smallest absolute Gasteiger partial charge is 0.0278 e. The van der Waals surface area contributed by atoms with E-state index in [1.165, 1.54) is 24.2 Å². The molecule has 2 nitrogen and oxygen atoms in total. The number of hydrogen-bond acceptors (Lipinski definition) is 3. The quantitative estimate of drug-likeness (QED) is 0.897. The van der Waals surface area contributed by atoms with Crippen molar-refractivity contribution < 1.29 is 0 Å². The number of aromatic nitrogens is 1. The topological polar surface area (TPSA) is 24.9 Å². The lowest BCUT2D eigenvalue weighted by atomic mass is 9.75. The summed E-state index contributed by atoms with van der Waals surface area (Å²) in [5, 5.41) is 4.33. The number of nitrogens with one attached hydrogen (secondary N) is 1. The van der Waals surface area contributed by atoms with Gasteiger partial charge < -0.3 is 5.32 Å². The SMILES string of the molecule is CCNC1CCC(C)(C)CC1Sc1ccncc1. The van der Waals surface area contributed by atoms with E-state index < -0.39 is 0 Å². The zero-order chi connectivity index (χ0) is 13.0. The standard InChI is InChI=1S/C15H24N2S/c1-4-17-13-5-8-15(2,3)11-14(13)18-12-6-9-16-10-7-12/h6-7,9-10,13-14,17H,4-5,8,11H2,1-3H3. The van der Waals surface area contributed by atoms with Crippen molar-refractivity contribution >= 4 is 11.8 Å². The predicted octanol–water partition coefficient (Wildman–Crippen LogP) is 3.73. The van der Waals surface area contributed by atoms with Crippen LogP contribution in [0, 0.1) is 5.41 Å². The van der Waals surface area contributed by atoms with Crippen LogP contribution in [0.3, 0.4) is 0 Å². The Morgan fingerprint density at radius 3 is 2.78 bits per heavy atom. The summed E-state index contributed by atoms with van der Waals surface area (Å²) in [4.78, 5) is 5.44. The maximum Gasteiger partial charge on any atom is 0.0278 e. The number of pyridine rings is 1. The van der Waals surface area contributed by atoms with Gasteiger partial charge in [-0.3, -0.25) is 4.98 Å². The fraction of sp³-hybridized carbons (Fsp3) is 0.667. The van der Waals surface area contributed by atoms with Gasteiger partial charge in [0.1, 0.15) is 0 Å². The Bertz CT molecular complexity index is 364. The second-order valence-corrected chi connectivity index (χ2v) is 7.22. The summed E-state index contributed by atoms with van der Waals surface area (Å²) < 4.78 is 0. The van der Waals surface area contributed by atoms with Crippen molar-refractivity contribution in [3.8, 4) is 0 Å². The highest BCUT2D eigenvalue weighted by molar-refractivity contribution is 8.00. The van der Waals surface area contributed by atoms with E-state index in [2.05, 4.69) is 43.2 Å². The van der Waals surface area contributed by atoms with Gasteiger partial charge >= 0.3 is 0 Å². The lowest BCUT2D eigenvalue weighted by molar-refractivity contribution is 0.215. The molecule has 0 saturated heterocycles. The molecule has 100 valence electrons. The van der Waals surface area contributed by atoms with Gasteiger partial charge in [0, 0.05) is 28.6 Å². The summed E-state index contributed by atoms with van der Waals surface area (Å²) in [5.74, 6) is 0. The summed E-state index contributed by atoms with van der Waals surface area (Å²) in [6.07, 6.45) is 7.69. The van der Waals surface area contributed by atoms with Crippen molar-refractivity contribution in [1.29, 1.82) is 0 Å². The van der Waals surface area contributed by atoms with Crippen molar-refractivity contribution in [2.75, 3.05) is 6.54 Å². The van der Waals surface area contributed by atoms with Crippen LogP contribution in [0.4, 0.5) is 0 Å². The maximum atomic E-state index is 4.09. The summed E-state index contributed by atoms with van der Waals surface area (Å²) in [6.45, 7) is 8.07. The highest BCUT2D eigenvalue weighted by atomic mass is 32.2. The molecule has 3 heteroatoms. The average Bonchev–Trinajstić information content (AvgIpc) is 2.34. The molecule has 0 bridgehead atoms. The molecule has 1 saturated carbocycles. The molecule has 1 aromatic rings. The maximum absolute atomic E-state index is 4.09. The van der Waals surface area contributed by atoms with Crippen molar-refractivity contribution in [3.05, 3.63) is 24.5 Å². The molecule has 0 aliphatic heterocycles. The molecule has 0 radical (unpaired) electrons. The molecule has 1 fully saturated rings. The van der Waals surface area contributed by atoms with Crippen LogP contribution in [-0.2, 0) is 0 Å². The van der Waals surface area contributed by atoms with E-state index in [-0.39, 0.29) is 0 Å². The molecule has 18 heavy (non-hydrogen) atoms. The monoisotopic (exact) mass is 264 g/mol. The Morgan fingerprint density at radius 2 is 2.11 bits per heavy atom. The molecule has 2 unspecified atom stereocenters. The Balaban J connectivity index is 2.05. The Morgan fingerprint density at radius 1 is 1.39 bits per heavy atom. The number of hydrogen-bond donors (Lipinski definition) is 1. The summed E-state index contributed by atoms with van der Waals surface area (Å²) >= 11 is 2.01. The van der Waals surface area contributed by atoms with Crippen LogP contribution in [0.5, 0.6) is 0 Å². The highest BCUT2D eigenvalue weighted by Gasteiger charge is 2.34. The van der Waals surface area contributed by atoms with Crippen molar-refractivity contribution in [1.82, 2.24) is 10.3 Å². The summed E-state index contributed by atoms with van der Waals surface area (Å²) in [7, 11) is 0. The van der Waals surface area contributed by atoms with Gasteiger partial charge in [-0.15, -0.1) is 11.8 Å². The van der Waals surface area contributed by atoms with E-state index >= 15 is 0 Å². The van der Waals surface area contributed by atoms with Crippen LogP contribution in [0.15, 0.2) is 29.4 Å². The largest absolute Gasteiger partial charge is 0.313 e. The molecule has 1 N–H and O–H groups in total. The Labute approximate surface area is 115 Å². The van der Waals surface area contributed by atoms with Gasteiger partial charge in [0.2, 0.25) is 0 Å². The summed E-state index contributed by atoms with van der Waals surface area (Å²) in [5.41, 5.74) is 0.483. The van der Waals surface area contributed by atoms with Crippen molar-refractivity contribution in [3.63, 3.8) is 0 Å². The van der Waals surface area contributed by atoms with Gasteiger partial charge in [-0.2, -0.15) is 0 Å². The third kappa shape index (κ3) is 3.72. The molecule has 0 spiro atoms. The van der Waals surface area contributed by atoms with E-state index in [9.17, 15) is 0 Å². The van der Waals surface area contributed by atoms with E-state index in [0.29, 0.717) is 16.7 Å². The van der Waals surface area contributed by atoms with Gasteiger partial charge in [0.05, 0.1) is 0 Å². The first kappa shape index (κ1) is 13.9. The van der Waals surface area contributed by atoms with Crippen LogP contribution in [0.25, 0.3) is 0 Å². The minimum atomic E-state index is 0.483. The first-order valence-corrected chi connectivity index (χ1v) is 7.79. The molecule has 2 rings (SSSR count). The molecule has 0 aromatic carbocycles. The van der Waals surface area contributed by atoms with Crippen LogP contribution >= 0.6 is 11.8 Å². The van der Waals surface area contributed by atoms with E-state index in [1.54, 1.807) is 0 Å². The fourth-order valence-electron chi connectivity index (χ4n) is 2.73. The van der Waals surface area contributed by atoms with Crippen LogP contribution in [0.2, 0.25) is 0 Å². The Hall–Kier alpha value is -0.540. The second kappa shape index (κ2) is 6.07. The Kier molecular flexibility index (Phi) is 4.68. The molecular weight excluding hydrogens is 240 g/mol. The minimum Gasteiger partial charge on any atom is -0.313 e. The van der Waals surface area contributed by atoms with Crippen LogP contribution in [-0.4, -0.2) is 22.8 Å². The van der Waals surface area contributed by atoms with Crippen LogP contribution < -0.4 is 5.32 Å². The van der Waals surface area contributed by atoms with E-state index in [0.717, 1.165) is 6.54 Å². The van der Waals surface area contributed by atoms with Gasteiger partial charge in [-0.1, -0.05) is 20.8 Å². The zero-order valence-corrected chi connectivity index (χ0v) is 12.5. The predicted molar refractivity (Wildman–Crippen MR) is 79.0 cm³/mol. The van der Waals surface area contributed by atoms with Gasteiger partial charge in [0.25, 0.3) is 0 Å². The zero-order valence-electron chi connectivity index (χ0n) is 11.6. The molecule has 1 aliphatic carbocycles. The number of nitrogens with zero attached hydrogens (tertiary/aromatic N) is 1. The van der Waals surface area contributed by atoms with Gasteiger partial charge in [-0.25, -0.2) is 0 Å². The normalized spacial score (nSPS) is 27.1. The molecule has 2 atom stereocenters. The average molecular weight is 264 g/mol. The lowest BCUT2D eigenvalue weighted by Crippen LogP contribution is -2.44.